The normalized spacial score (nSPS) is 12.2. The number of rotatable bonds is 3. The van der Waals surface area contributed by atoms with Crippen LogP contribution in [0.1, 0.15) is 31.3 Å². The van der Waals surface area contributed by atoms with Gasteiger partial charge in [0.15, 0.2) is 5.84 Å². The molecule has 1 rings (SSSR count). The molecule has 1 heterocycles. The number of aromatic nitrogens is 2. The van der Waals surface area contributed by atoms with Crippen molar-refractivity contribution in [3.8, 4) is 0 Å². The number of hydrogen-bond acceptors (Lipinski definition) is 5. The first-order chi connectivity index (χ1) is 6.69. The van der Waals surface area contributed by atoms with Crippen LogP contribution in [0, 0.1) is 0 Å². The number of aryl methyl sites for hydroxylation is 1. The zero-order chi connectivity index (χ0) is 10.6. The van der Waals surface area contributed by atoms with E-state index in [1.807, 2.05) is 20.8 Å². The van der Waals surface area contributed by atoms with E-state index in [0.29, 0.717) is 5.84 Å². The second-order valence-electron chi connectivity index (χ2n) is 3.12. The summed E-state index contributed by atoms with van der Waals surface area (Å²) < 4.78 is 3.88. The van der Waals surface area contributed by atoms with Gasteiger partial charge in [-0.15, -0.1) is 5.10 Å². The third-order valence-electron chi connectivity index (χ3n) is 1.63. The van der Waals surface area contributed by atoms with Gasteiger partial charge in [0, 0.05) is 6.04 Å². The fraction of sp³-hybridized carbons (Fsp3) is 0.625. The number of hydrazine groups is 1. The lowest BCUT2D eigenvalue weighted by Gasteiger charge is -2.05. The highest BCUT2D eigenvalue weighted by Crippen LogP contribution is 2.11. The molecule has 0 aliphatic heterocycles. The predicted octanol–water partition coefficient (Wildman–Crippen LogP) is 0.719. The van der Waals surface area contributed by atoms with Crippen LogP contribution in [0.4, 0.5) is 0 Å². The molecule has 0 atom stereocenters. The van der Waals surface area contributed by atoms with Crippen molar-refractivity contribution in [2.24, 2.45) is 10.8 Å². The molecule has 6 heteroatoms. The van der Waals surface area contributed by atoms with Crippen LogP contribution in [0.15, 0.2) is 4.99 Å². The summed E-state index contributed by atoms with van der Waals surface area (Å²) in [7, 11) is 0. The van der Waals surface area contributed by atoms with Crippen LogP contribution in [-0.4, -0.2) is 21.5 Å². The minimum Gasteiger partial charge on any atom is -0.307 e. The van der Waals surface area contributed by atoms with Crippen LogP contribution in [0.2, 0.25) is 0 Å². The van der Waals surface area contributed by atoms with E-state index < -0.39 is 0 Å². The third-order valence-corrected chi connectivity index (χ3v) is 2.40. The van der Waals surface area contributed by atoms with E-state index in [1.165, 1.54) is 11.5 Å². The average molecular weight is 213 g/mol. The Morgan fingerprint density at radius 1 is 1.64 bits per heavy atom. The Bertz CT molecular complexity index is 317. The van der Waals surface area contributed by atoms with E-state index in [2.05, 4.69) is 20.0 Å². The summed E-state index contributed by atoms with van der Waals surface area (Å²) in [6.07, 6.45) is 0.838. The van der Waals surface area contributed by atoms with Crippen molar-refractivity contribution in [1.29, 1.82) is 0 Å². The van der Waals surface area contributed by atoms with Gasteiger partial charge in [0.1, 0.15) is 4.88 Å². The lowest BCUT2D eigenvalue weighted by Crippen LogP contribution is -2.32. The molecule has 5 nitrogen and oxygen atoms in total. The molecule has 0 aliphatic rings. The molecule has 0 fully saturated rings. The molecule has 0 radical (unpaired) electrons. The Morgan fingerprint density at radius 3 is 2.86 bits per heavy atom. The van der Waals surface area contributed by atoms with E-state index in [4.69, 9.17) is 5.84 Å². The highest BCUT2D eigenvalue weighted by molar-refractivity contribution is 7.08. The first kappa shape index (κ1) is 11.1. The summed E-state index contributed by atoms with van der Waals surface area (Å²) in [5.74, 6) is 6.08. The van der Waals surface area contributed by atoms with Gasteiger partial charge in [0.2, 0.25) is 0 Å². The fourth-order valence-electron chi connectivity index (χ4n) is 1.04. The molecule has 0 unspecified atom stereocenters. The maximum atomic E-state index is 5.41. The van der Waals surface area contributed by atoms with Gasteiger partial charge in [-0.2, -0.15) is 0 Å². The van der Waals surface area contributed by atoms with E-state index in [1.54, 1.807) is 0 Å². The van der Waals surface area contributed by atoms with Gasteiger partial charge in [-0.05, 0) is 31.8 Å². The Labute approximate surface area is 87.6 Å². The number of amidine groups is 1. The molecule has 3 N–H and O–H groups in total. The van der Waals surface area contributed by atoms with Gasteiger partial charge < -0.3 is 5.43 Å². The second-order valence-corrected chi connectivity index (χ2v) is 3.87. The molecular weight excluding hydrogens is 198 g/mol. The molecule has 14 heavy (non-hydrogen) atoms. The van der Waals surface area contributed by atoms with Crippen LogP contribution >= 0.6 is 11.5 Å². The maximum Gasteiger partial charge on any atom is 0.156 e. The number of nitrogens with zero attached hydrogens (tertiary/aromatic N) is 3. The highest BCUT2D eigenvalue weighted by Gasteiger charge is 2.12. The summed E-state index contributed by atoms with van der Waals surface area (Å²) in [6, 6.07) is 0.202. The first-order valence-corrected chi connectivity index (χ1v) is 5.32. The van der Waals surface area contributed by atoms with Gasteiger partial charge in [0.25, 0.3) is 0 Å². The lowest BCUT2D eigenvalue weighted by molar-refractivity contribution is 0.820. The molecule has 0 bridgehead atoms. The molecule has 0 aliphatic carbocycles. The highest BCUT2D eigenvalue weighted by atomic mass is 32.1. The third kappa shape index (κ3) is 2.49. The van der Waals surface area contributed by atoms with Crippen LogP contribution in [0.5, 0.6) is 0 Å². The molecule has 78 valence electrons. The molecule has 0 amide bonds. The minimum absolute atomic E-state index is 0.202. The summed E-state index contributed by atoms with van der Waals surface area (Å²) >= 11 is 1.31. The van der Waals surface area contributed by atoms with Gasteiger partial charge in [-0.1, -0.05) is 11.4 Å². The Balaban J connectivity index is 3.00. The van der Waals surface area contributed by atoms with Crippen molar-refractivity contribution in [1.82, 2.24) is 15.0 Å². The SMILES string of the molecule is CCc1nnsc1C(=NC(C)C)NN. The smallest absolute Gasteiger partial charge is 0.156 e. The van der Waals surface area contributed by atoms with E-state index in [-0.39, 0.29) is 6.04 Å². The first-order valence-electron chi connectivity index (χ1n) is 4.55. The van der Waals surface area contributed by atoms with Crippen molar-refractivity contribution in [2.45, 2.75) is 33.2 Å². The van der Waals surface area contributed by atoms with E-state index in [9.17, 15) is 0 Å². The summed E-state index contributed by atoms with van der Waals surface area (Å²) in [6.45, 7) is 6.03. The molecular formula is C8H15N5S. The molecule has 1 aromatic heterocycles. The van der Waals surface area contributed by atoms with Crippen molar-refractivity contribution in [2.75, 3.05) is 0 Å². The fourth-order valence-corrected chi connectivity index (χ4v) is 1.75. The molecule has 0 saturated heterocycles. The molecule has 1 aromatic rings. The van der Waals surface area contributed by atoms with E-state index in [0.717, 1.165) is 17.0 Å². The van der Waals surface area contributed by atoms with Gasteiger partial charge in [-0.25, -0.2) is 5.84 Å². The number of nitrogens with one attached hydrogen (secondary N) is 1. The number of aliphatic imine (C=N–C) groups is 1. The van der Waals surface area contributed by atoms with Crippen molar-refractivity contribution >= 4 is 17.4 Å². The zero-order valence-electron chi connectivity index (χ0n) is 8.61. The van der Waals surface area contributed by atoms with Crippen molar-refractivity contribution in [3.05, 3.63) is 10.6 Å². The summed E-state index contributed by atoms with van der Waals surface area (Å²) in [5, 5.41) is 4.00. The molecule has 0 saturated carbocycles. The lowest BCUT2D eigenvalue weighted by atomic mass is 10.3. The number of nitrogens with two attached hydrogens (primary N) is 1. The average Bonchev–Trinajstić information content (AvgIpc) is 2.61. The van der Waals surface area contributed by atoms with Gasteiger partial charge in [-0.3, -0.25) is 4.99 Å². The second kappa shape index (κ2) is 5.02. The largest absolute Gasteiger partial charge is 0.307 e. The molecule has 0 aromatic carbocycles. The summed E-state index contributed by atoms with van der Waals surface area (Å²) in [5.41, 5.74) is 3.53. The molecule has 0 spiro atoms. The van der Waals surface area contributed by atoms with Crippen molar-refractivity contribution < 1.29 is 0 Å². The maximum absolute atomic E-state index is 5.41. The van der Waals surface area contributed by atoms with Gasteiger partial charge in [0.05, 0.1) is 5.69 Å². The van der Waals surface area contributed by atoms with Gasteiger partial charge >= 0.3 is 0 Å². The Morgan fingerprint density at radius 2 is 2.36 bits per heavy atom. The minimum atomic E-state index is 0.202. The predicted molar refractivity (Wildman–Crippen MR) is 58.3 cm³/mol. The van der Waals surface area contributed by atoms with E-state index >= 15 is 0 Å². The Hall–Kier alpha value is -1.01. The standard InChI is InChI=1S/C8H15N5S/c1-4-6-7(14-13-12-6)8(11-9)10-5(2)3/h5H,4,9H2,1-3H3,(H,10,11). The quantitative estimate of drug-likeness (QED) is 0.336. The van der Waals surface area contributed by atoms with Crippen LogP contribution in [-0.2, 0) is 6.42 Å². The zero-order valence-corrected chi connectivity index (χ0v) is 9.43. The van der Waals surface area contributed by atoms with Crippen molar-refractivity contribution in [3.63, 3.8) is 0 Å². The summed E-state index contributed by atoms with van der Waals surface area (Å²) in [4.78, 5) is 5.29. The number of hydrogen-bond donors (Lipinski definition) is 2. The Kier molecular flexibility index (Phi) is 3.97. The topological polar surface area (TPSA) is 76.2 Å². The van der Waals surface area contributed by atoms with Crippen LogP contribution < -0.4 is 11.3 Å². The van der Waals surface area contributed by atoms with Crippen LogP contribution in [0.25, 0.3) is 0 Å². The van der Waals surface area contributed by atoms with Crippen LogP contribution in [0.3, 0.4) is 0 Å². The monoisotopic (exact) mass is 213 g/mol.